The lowest BCUT2D eigenvalue weighted by atomic mass is 10.1. The highest BCUT2D eigenvalue weighted by atomic mass is 16.3. The third-order valence-corrected chi connectivity index (χ3v) is 9.75. The number of hydrogen-bond acceptors (Lipinski definition) is 3. The Morgan fingerprint density at radius 2 is 1.10 bits per heavy atom. The third kappa shape index (κ3) is 3.42. The van der Waals surface area contributed by atoms with E-state index < -0.39 is 0 Å². The SMILES string of the molecule is c1ccc(-n2c3ccccc3c3c4c5ccccc5n(-c5cccc6c5oc5cc(-c7nc8ccccc8o7)ccc56)c4ccc32)cc1. The maximum atomic E-state index is 6.77. The van der Waals surface area contributed by atoms with Crippen LogP contribution >= 0.6 is 0 Å². The molecule has 0 aliphatic heterocycles. The van der Waals surface area contributed by atoms with Crippen LogP contribution in [0.3, 0.4) is 0 Å². The molecule has 4 heterocycles. The van der Waals surface area contributed by atoms with Gasteiger partial charge in [0, 0.05) is 43.6 Å². The number of oxazole rings is 1. The van der Waals surface area contributed by atoms with Crippen LogP contribution in [0, 0.1) is 0 Å². The van der Waals surface area contributed by atoms with Crippen molar-refractivity contribution < 1.29 is 8.83 Å². The molecule has 0 spiro atoms. The van der Waals surface area contributed by atoms with Gasteiger partial charge in [-0.25, -0.2) is 4.98 Å². The summed E-state index contributed by atoms with van der Waals surface area (Å²) in [5.74, 6) is 0.583. The van der Waals surface area contributed by atoms with Gasteiger partial charge in [-0.2, -0.15) is 0 Å². The molecular weight excluding hydrogens is 590 g/mol. The number of nitrogens with zero attached hydrogens (tertiary/aromatic N) is 3. The van der Waals surface area contributed by atoms with Crippen molar-refractivity contribution in [2.75, 3.05) is 0 Å². The zero-order valence-electron chi connectivity index (χ0n) is 25.6. The van der Waals surface area contributed by atoms with Crippen molar-refractivity contribution in [2.45, 2.75) is 0 Å². The van der Waals surface area contributed by atoms with E-state index >= 15 is 0 Å². The van der Waals surface area contributed by atoms with Crippen molar-refractivity contribution in [1.82, 2.24) is 14.1 Å². The number of aromatic nitrogens is 3. The van der Waals surface area contributed by atoms with Gasteiger partial charge in [0.15, 0.2) is 11.2 Å². The predicted octanol–water partition coefficient (Wildman–Crippen LogP) is 11.6. The molecular formula is C43H25N3O2. The zero-order chi connectivity index (χ0) is 31.3. The number of hydrogen-bond donors (Lipinski definition) is 0. The molecule has 0 aliphatic carbocycles. The minimum Gasteiger partial charge on any atom is -0.454 e. The van der Waals surface area contributed by atoms with Crippen LogP contribution in [0.1, 0.15) is 0 Å². The molecule has 0 amide bonds. The first-order chi connectivity index (χ1) is 23.8. The van der Waals surface area contributed by atoms with Crippen molar-refractivity contribution >= 4 is 76.6 Å². The Hall–Kier alpha value is -6.59. The highest BCUT2D eigenvalue weighted by molar-refractivity contribution is 6.29. The monoisotopic (exact) mass is 615 g/mol. The molecule has 48 heavy (non-hydrogen) atoms. The summed E-state index contributed by atoms with van der Waals surface area (Å²) in [6.07, 6.45) is 0. The molecule has 0 fully saturated rings. The molecule has 0 aliphatic rings. The number of para-hydroxylation sites is 6. The summed E-state index contributed by atoms with van der Waals surface area (Å²) in [7, 11) is 0. The summed E-state index contributed by atoms with van der Waals surface area (Å²) in [5, 5.41) is 7.06. The van der Waals surface area contributed by atoms with Crippen molar-refractivity contribution in [2.24, 2.45) is 0 Å². The van der Waals surface area contributed by atoms with E-state index in [1.54, 1.807) is 0 Å². The Bertz CT molecular complexity index is 3030. The van der Waals surface area contributed by atoms with E-state index in [0.717, 1.165) is 61.0 Å². The Balaban J connectivity index is 1.20. The molecule has 5 nitrogen and oxygen atoms in total. The van der Waals surface area contributed by atoms with Gasteiger partial charge in [0.05, 0.1) is 27.8 Å². The van der Waals surface area contributed by atoms with Crippen LogP contribution < -0.4 is 0 Å². The Labute approximate surface area is 273 Å². The van der Waals surface area contributed by atoms with E-state index in [0.29, 0.717) is 5.89 Å². The summed E-state index contributed by atoms with van der Waals surface area (Å²) in [6, 6.07) is 53.1. The van der Waals surface area contributed by atoms with Crippen molar-refractivity contribution in [1.29, 1.82) is 0 Å². The van der Waals surface area contributed by atoms with Gasteiger partial charge in [0.1, 0.15) is 11.1 Å². The van der Waals surface area contributed by atoms with Gasteiger partial charge in [-0.15, -0.1) is 0 Å². The molecule has 224 valence electrons. The topological polar surface area (TPSA) is 49.0 Å². The standard InChI is InChI=1S/C43H25N3O2/c1-2-11-27(12-3-1)45-33-17-7-4-13-30(33)40-35(45)23-24-36-41(40)31-14-5-8-18-34(31)46(36)37-19-10-15-29-28-22-21-26(25-39(28)47-42(29)37)43-44-32-16-6-9-20-38(32)48-43/h1-25H. The van der Waals surface area contributed by atoms with Gasteiger partial charge in [-0.3, -0.25) is 0 Å². The van der Waals surface area contributed by atoms with Crippen LogP contribution in [-0.2, 0) is 0 Å². The Morgan fingerprint density at radius 3 is 1.90 bits per heavy atom. The maximum Gasteiger partial charge on any atom is 0.227 e. The molecule has 0 bridgehead atoms. The molecule has 0 N–H and O–H groups in total. The van der Waals surface area contributed by atoms with Crippen LogP contribution in [-0.4, -0.2) is 14.1 Å². The predicted molar refractivity (Wildman–Crippen MR) is 195 cm³/mol. The van der Waals surface area contributed by atoms with E-state index in [-0.39, 0.29) is 0 Å². The molecule has 0 saturated carbocycles. The van der Waals surface area contributed by atoms with Crippen molar-refractivity contribution in [3.05, 3.63) is 152 Å². The molecule has 7 aromatic carbocycles. The van der Waals surface area contributed by atoms with Gasteiger partial charge in [0.25, 0.3) is 0 Å². The number of furan rings is 1. The number of rotatable bonds is 3. The highest BCUT2D eigenvalue weighted by Gasteiger charge is 2.22. The minimum absolute atomic E-state index is 0.583. The average Bonchev–Trinajstić information content (AvgIpc) is 3.90. The molecule has 11 aromatic rings. The summed E-state index contributed by atoms with van der Waals surface area (Å²) in [6.45, 7) is 0. The van der Waals surface area contributed by atoms with E-state index in [2.05, 4.69) is 130 Å². The molecule has 0 saturated heterocycles. The summed E-state index contributed by atoms with van der Waals surface area (Å²) < 4.78 is 17.6. The minimum atomic E-state index is 0.583. The number of fused-ring (bicyclic) bond motifs is 11. The fourth-order valence-corrected chi connectivity index (χ4v) is 7.72. The quantitative estimate of drug-likeness (QED) is 0.199. The first kappa shape index (κ1) is 25.6. The van der Waals surface area contributed by atoms with Gasteiger partial charge >= 0.3 is 0 Å². The van der Waals surface area contributed by atoms with Gasteiger partial charge in [-0.05, 0) is 72.8 Å². The molecule has 0 unspecified atom stereocenters. The second kappa shape index (κ2) is 9.47. The third-order valence-electron chi connectivity index (χ3n) is 9.75. The number of benzene rings is 7. The van der Waals surface area contributed by atoms with Crippen LogP contribution in [0.4, 0.5) is 0 Å². The Kier molecular flexibility index (Phi) is 5.05. The maximum absolute atomic E-state index is 6.77. The highest BCUT2D eigenvalue weighted by Crippen LogP contribution is 2.44. The van der Waals surface area contributed by atoms with E-state index in [4.69, 9.17) is 13.8 Å². The molecule has 0 radical (unpaired) electrons. The summed E-state index contributed by atoms with van der Waals surface area (Å²) in [5.41, 5.74) is 10.9. The van der Waals surface area contributed by atoms with Crippen molar-refractivity contribution in [3.63, 3.8) is 0 Å². The normalized spacial score (nSPS) is 12.2. The van der Waals surface area contributed by atoms with Gasteiger partial charge < -0.3 is 18.0 Å². The van der Waals surface area contributed by atoms with Crippen LogP contribution in [0.25, 0.3) is 99.5 Å². The zero-order valence-corrected chi connectivity index (χ0v) is 25.6. The molecule has 0 atom stereocenters. The average molecular weight is 616 g/mol. The lowest BCUT2D eigenvalue weighted by Crippen LogP contribution is -1.95. The summed E-state index contributed by atoms with van der Waals surface area (Å²) >= 11 is 0. The molecule has 4 aromatic heterocycles. The van der Waals surface area contributed by atoms with Crippen LogP contribution in [0.15, 0.2) is 160 Å². The molecule has 5 heteroatoms. The fourth-order valence-electron chi connectivity index (χ4n) is 7.72. The fraction of sp³-hybridized carbons (Fsp3) is 0. The van der Waals surface area contributed by atoms with Gasteiger partial charge in [-0.1, -0.05) is 78.9 Å². The lowest BCUT2D eigenvalue weighted by molar-refractivity contribution is 0.619. The molecule has 11 rings (SSSR count). The smallest absolute Gasteiger partial charge is 0.227 e. The largest absolute Gasteiger partial charge is 0.454 e. The second-order valence-corrected chi connectivity index (χ2v) is 12.3. The Morgan fingerprint density at radius 1 is 0.438 bits per heavy atom. The summed E-state index contributed by atoms with van der Waals surface area (Å²) in [4.78, 5) is 4.72. The van der Waals surface area contributed by atoms with E-state index in [9.17, 15) is 0 Å². The van der Waals surface area contributed by atoms with E-state index in [1.807, 2.05) is 30.3 Å². The van der Waals surface area contributed by atoms with Crippen LogP contribution in [0.5, 0.6) is 0 Å². The first-order valence-electron chi connectivity index (χ1n) is 16.1. The van der Waals surface area contributed by atoms with Crippen molar-refractivity contribution in [3.8, 4) is 22.8 Å². The van der Waals surface area contributed by atoms with E-state index in [1.165, 1.54) is 32.6 Å². The second-order valence-electron chi connectivity index (χ2n) is 12.3. The first-order valence-corrected chi connectivity index (χ1v) is 16.1. The van der Waals surface area contributed by atoms with Gasteiger partial charge in [0.2, 0.25) is 5.89 Å². The lowest BCUT2D eigenvalue weighted by Gasteiger charge is -2.09. The van der Waals surface area contributed by atoms with Crippen LogP contribution in [0.2, 0.25) is 0 Å².